The predicted molar refractivity (Wildman–Crippen MR) is 77.5 cm³/mol. The van der Waals surface area contributed by atoms with Crippen LogP contribution in [0.4, 0.5) is 0 Å². The number of thiazole rings is 1. The monoisotopic (exact) mass is 320 g/mol. The first-order chi connectivity index (χ1) is 9.46. The fourth-order valence-electron chi connectivity index (χ4n) is 2.71. The van der Waals surface area contributed by atoms with Crippen LogP contribution >= 0.6 is 11.3 Å². The molecular weight excluding hydrogens is 300 g/mol. The van der Waals surface area contributed by atoms with Crippen molar-refractivity contribution in [2.75, 3.05) is 13.2 Å². The standard InChI is InChI=1S/C12H20N2O4S2/c1-9-11(19-12(16)13-9)20(17,18)14(7-8-15)10-5-3-2-4-6-10/h10,15H,2-8H2,1H3,(H,13,16). The smallest absolute Gasteiger partial charge is 0.305 e. The van der Waals surface area contributed by atoms with Gasteiger partial charge in [0.05, 0.1) is 6.61 Å². The second-order valence-electron chi connectivity index (χ2n) is 5.06. The van der Waals surface area contributed by atoms with Crippen molar-refractivity contribution >= 4 is 21.4 Å². The van der Waals surface area contributed by atoms with Crippen LogP contribution in [0.2, 0.25) is 0 Å². The molecule has 6 nitrogen and oxygen atoms in total. The summed E-state index contributed by atoms with van der Waals surface area (Å²) in [5.41, 5.74) is 0.374. The molecule has 0 bridgehead atoms. The highest BCUT2D eigenvalue weighted by Crippen LogP contribution is 2.29. The molecule has 1 aromatic heterocycles. The lowest BCUT2D eigenvalue weighted by Crippen LogP contribution is -2.43. The number of aliphatic hydroxyl groups is 1. The van der Waals surface area contributed by atoms with Gasteiger partial charge in [0.1, 0.15) is 0 Å². The third-order valence-corrected chi connectivity index (χ3v) is 7.16. The number of nitrogens with zero attached hydrogens (tertiary/aromatic N) is 1. The van der Waals surface area contributed by atoms with E-state index in [0.29, 0.717) is 5.69 Å². The molecule has 2 N–H and O–H groups in total. The molecule has 0 radical (unpaired) electrons. The van der Waals surface area contributed by atoms with E-state index in [4.69, 9.17) is 0 Å². The summed E-state index contributed by atoms with van der Waals surface area (Å²) >= 11 is 0.717. The Morgan fingerprint density at radius 1 is 1.35 bits per heavy atom. The Morgan fingerprint density at radius 3 is 2.50 bits per heavy atom. The molecule has 2 rings (SSSR count). The minimum Gasteiger partial charge on any atom is -0.395 e. The van der Waals surface area contributed by atoms with E-state index in [1.165, 1.54) is 4.31 Å². The van der Waals surface area contributed by atoms with Crippen molar-refractivity contribution in [1.82, 2.24) is 9.29 Å². The Morgan fingerprint density at radius 2 is 2.00 bits per heavy atom. The van der Waals surface area contributed by atoms with Crippen LogP contribution in [0.15, 0.2) is 9.00 Å². The lowest BCUT2D eigenvalue weighted by atomic mass is 9.95. The maximum atomic E-state index is 12.7. The van der Waals surface area contributed by atoms with Crippen LogP contribution in [0.3, 0.4) is 0 Å². The quantitative estimate of drug-likeness (QED) is 0.849. The molecule has 0 unspecified atom stereocenters. The summed E-state index contributed by atoms with van der Waals surface area (Å²) in [4.78, 5) is 13.5. The van der Waals surface area contributed by atoms with Gasteiger partial charge in [-0.2, -0.15) is 4.31 Å². The van der Waals surface area contributed by atoms with Crippen molar-refractivity contribution in [3.05, 3.63) is 15.4 Å². The van der Waals surface area contributed by atoms with Crippen molar-refractivity contribution in [3.63, 3.8) is 0 Å². The second-order valence-corrected chi connectivity index (χ2v) is 8.13. The number of aliphatic hydroxyl groups excluding tert-OH is 1. The maximum absolute atomic E-state index is 12.7. The summed E-state index contributed by atoms with van der Waals surface area (Å²) in [6.45, 7) is 1.45. The predicted octanol–water partition coefficient (Wildman–Crippen LogP) is 1.06. The molecule has 0 aliphatic heterocycles. The van der Waals surface area contributed by atoms with Crippen LogP contribution < -0.4 is 4.87 Å². The van der Waals surface area contributed by atoms with Gasteiger partial charge in [-0.15, -0.1) is 0 Å². The summed E-state index contributed by atoms with van der Waals surface area (Å²) in [6.07, 6.45) is 4.77. The van der Waals surface area contributed by atoms with Crippen molar-refractivity contribution in [2.45, 2.75) is 49.3 Å². The molecule has 0 amide bonds. The lowest BCUT2D eigenvalue weighted by molar-refractivity contribution is 0.199. The fraction of sp³-hybridized carbons (Fsp3) is 0.750. The molecule has 0 saturated heterocycles. The molecule has 0 aromatic carbocycles. The van der Waals surface area contributed by atoms with Gasteiger partial charge in [0.25, 0.3) is 10.0 Å². The number of hydrogen-bond donors (Lipinski definition) is 2. The minimum atomic E-state index is -3.71. The van der Waals surface area contributed by atoms with Crippen LogP contribution in [0.5, 0.6) is 0 Å². The topological polar surface area (TPSA) is 90.5 Å². The minimum absolute atomic E-state index is 0.0709. The molecule has 8 heteroatoms. The third kappa shape index (κ3) is 3.13. The molecule has 1 aliphatic carbocycles. The Balaban J connectivity index is 2.36. The van der Waals surface area contributed by atoms with E-state index in [1.807, 2.05) is 0 Å². The average Bonchev–Trinajstić information content (AvgIpc) is 2.76. The number of aromatic amines is 1. The van der Waals surface area contributed by atoms with Crippen molar-refractivity contribution in [2.24, 2.45) is 0 Å². The van der Waals surface area contributed by atoms with E-state index in [2.05, 4.69) is 4.98 Å². The SMILES string of the molecule is Cc1[nH]c(=O)sc1S(=O)(=O)N(CCO)C1CCCCC1. The summed E-state index contributed by atoms with van der Waals surface area (Å²) in [6, 6.07) is -0.0718. The Hall–Kier alpha value is -0.700. The molecule has 1 saturated carbocycles. The van der Waals surface area contributed by atoms with Gasteiger partial charge in [0, 0.05) is 18.3 Å². The number of aromatic nitrogens is 1. The molecule has 1 fully saturated rings. The summed E-state index contributed by atoms with van der Waals surface area (Å²) < 4.78 is 26.9. The first-order valence-electron chi connectivity index (χ1n) is 6.79. The molecule has 20 heavy (non-hydrogen) atoms. The number of sulfonamides is 1. The van der Waals surface area contributed by atoms with Crippen LogP contribution in [-0.4, -0.2) is 42.0 Å². The van der Waals surface area contributed by atoms with Gasteiger partial charge < -0.3 is 10.1 Å². The van der Waals surface area contributed by atoms with E-state index in [9.17, 15) is 18.3 Å². The van der Waals surface area contributed by atoms with Crippen LogP contribution in [0, 0.1) is 6.92 Å². The fourth-order valence-corrected chi connectivity index (χ4v) is 5.80. The highest BCUT2D eigenvalue weighted by Gasteiger charge is 2.34. The molecule has 1 aliphatic rings. The Bertz CT molecular complexity index is 599. The van der Waals surface area contributed by atoms with E-state index in [1.54, 1.807) is 6.92 Å². The summed E-state index contributed by atoms with van der Waals surface area (Å²) in [7, 11) is -3.71. The van der Waals surface area contributed by atoms with Gasteiger partial charge in [0.2, 0.25) is 0 Å². The molecular formula is C12H20N2O4S2. The van der Waals surface area contributed by atoms with Crippen molar-refractivity contribution in [3.8, 4) is 0 Å². The largest absolute Gasteiger partial charge is 0.395 e. The van der Waals surface area contributed by atoms with E-state index in [0.717, 1.165) is 43.4 Å². The van der Waals surface area contributed by atoms with Crippen LogP contribution in [0.25, 0.3) is 0 Å². The highest BCUT2D eigenvalue weighted by molar-refractivity contribution is 7.91. The van der Waals surface area contributed by atoms with Crippen LogP contribution in [0.1, 0.15) is 37.8 Å². The number of rotatable bonds is 5. The summed E-state index contributed by atoms with van der Waals surface area (Å²) in [5, 5.41) is 9.18. The van der Waals surface area contributed by atoms with Gasteiger partial charge in [-0.25, -0.2) is 8.42 Å². The lowest BCUT2D eigenvalue weighted by Gasteiger charge is -2.32. The molecule has 114 valence electrons. The third-order valence-electron chi connectivity index (χ3n) is 3.63. The molecule has 0 atom stereocenters. The zero-order chi connectivity index (χ0) is 14.8. The first kappa shape index (κ1) is 15.7. The number of H-pyrrole nitrogens is 1. The van der Waals surface area contributed by atoms with Gasteiger partial charge in [-0.3, -0.25) is 4.79 Å². The van der Waals surface area contributed by atoms with Crippen molar-refractivity contribution in [1.29, 1.82) is 0 Å². The van der Waals surface area contributed by atoms with Crippen LogP contribution in [-0.2, 0) is 10.0 Å². The molecule has 0 spiro atoms. The van der Waals surface area contributed by atoms with Gasteiger partial charge >= 0.3 is 4.87 Å². The Labute approximate surface area is 122 Å². The van der Waals surface area contributed by atoms with Crippen molar-refractivity contribution < 1.29 is 13.5 Å². The molecule has 1 heterocycles. The maximum Gasteiger partial charge on any atom is 0.305 e. The number of hydrogen-bond acceptors (Lipinski definition) is 5. The van der Waals surface area contributed by atoms with Gasteiger partial charge in [-0.1, -0.05) is 30.6 Å². The van der Waals surface area contributed by atoms with E-state index in [-0.39, 0.29) is 28.3 Å². The normalized spacial score (nSPS) is 17.8. The van der Waals surface area contributed by atoms with E-state index >= 15 is 0 Å². The van der Waals surface area contributed by atoms with E-state index < -0.39 is 10.0 Å². The average molecular weight is 320 g/mol. The zero-order valence-electron chi connectivity index (χ0n) is 11.5. The number of aryl methyl sites for hydroxylation is 1. The molecule has 1 aromatic rings. The second kappa shape index (κ2) is 6.38. The van der Waals surface area contributed by atoms with Gasteiger partial charge in [-0.05, 0) is 19.8 Å². The first-order valence-corrected chi connectivity index (χ1v) is 9.05. The summed E-state index contributed by atoms with van der Waals surface area (Å²) in [5.74, 6) is 0. The zero-order valence-corrected chi connectivity index (χ0v) is 13.1. The Kier molecular flexibility index (Phi) is 5.00. The van der Waals surface area contributed by atoms with Gasteiger partial charge in [0.15, 0.2) is 4.21 Å². The number of nitrogens with one attached hydrogen (secondary N) is 1. The highest BCUT2D eigenvalue weighted by atomic mass is 32.2.